The van der Waals surface area contributed by atoms with Crippen LogP contribution >= 0.6 is 0 Å². The summed E-state index contributed by atoms with van der Waals surface area (Å²) in [5, 5.41) is 15.5. The Morgan fingerprint density at radius 3 is 2.71 bits per heavy atom. The summed E-state index contributed by atoms with van der Waals surface area (Å²) in [5.74, 6) is 0.248. The number of oxime groups is 1. The zero-order chi connectivity index (χ0) is 15.1. The first-order chi connectivity index (χ1) is 10.2. The Morgan fingerprint density at radius 1 is 1.43 bits per heavy atom. The van der Waals surface area contributed by atoms with Crippen molar-refractivity contribution in [3.05, 3.63) is 35.9 Å². The Balaban J connectivity index is 1.96. The van der Waals surface area contributed by atoms with Gasteiger partial charge in [0.2, 0.25) is 0 Å². The van der Waals surface area contributed by atoms with Crippen LogP contribution in [0.2, 0.25) is 0 Å². The molecule has 0 saturated heterocycles. The number of ether oxygens (including phenoxy) is 1. The van der Waals surface area contributed by atoms with Gasteiger partial charge in [0, 0.05) is 32.7 Å². The molecule has 0 aromatic heterocycles. The summed E-state index contributed by atoms with van der Waals surface area (Å²) in [7, 11) is 1.74. The maximum atomic E-state index is 8.81. The number of benzene rings is 1. The highest BCUT2D eigenvalue weighted by Crippen LogP contribution is 2.48. The number of amidine groups is 1. The molecule has 4 N–H and O–H groups in total. The van der Waals surface area contributed by atoms with Crippen LogP contribution in [0.3, 0.4) is 0 Å². The van der Waals surface area contributed by atoms with Crippen LogP contribution in [-0.2, 0) is 4.74 Å². The van der Waals surface area contributed by atoms with Crippen LogP contribution in [0.15, 0.2) is 35.5 Å². The summed E-state index contributed by atoms with van der Waals surface area (Å²) < 4.78 is 5.19. The highest BCUT2D eigenvalue weighted by molar-refractivity contribution is 5.80. The van der Waals surface area contributed by atoms with Crippen molar-refractivity contribution in [2.24, 2.45) is 16.3 Å². The third-order valence-electron chi connectivity index (χ3n) is 4.26. The Labute approximate surface area is 126 Å². The molecule has 0 heterocycles. The van der Waals surface area contributed by atoms with Gasteiger partial charge in [0.1, 0.15) is 5.84 Å². The van der Waals surface area contributed by atoms with Gasteiger partial charge in [-0.15, -0.1) is 0 Å². The third-order valence-corrected chi connectivity index (χ3v) is 4.26. The number of nitrogens with two attached hydrogens (primary N) is 1. The summed E-state index contributed by atoms with van der Waals surface area (Å²) >= 11 is 0. The molecule has 1 fully saturated rings. The van der Waals surface area contributed by atoms with Crippen LogP contribution < -0.4 is 11.1 Å². The lowest BCUT2D eigenvalue weighted by molar-refractivity contribution is 0.170. The fourth-order valence-corrected chi connectivity index (χ4v) is 2.59. The number of rotatable bonds is 9. The van der Waals surface area contributed by atoms with Gasteiger partial charge in [0.15, 0.2) is 0 Å². The standard InChI is InChI=1S/C16H25N3O2/c1-21-10-9-16(7-8-16)12-18-14(11-15(17)19-20)13-5-3-2-4-6-13/h2-6,14,18,20H,7-12H2,1H3,(H2,17,19). The highest BCUT2D eigenvalue weighted by Gasteiger charge is 2.42. The molecule has 5 nitrogen and oxygen atoms in total. The van der Waals surface area contributed by atoms with E-state index in [1.165, 1.54) is 12.8 Å². The molecule has 1 aromatic carbocycles. The predicted molar refractivity (Wildman–Crippen MR) is 83.4 cm³/mol. The maximum Gasteiger partial charge on any atom is 0.141 e. The van der Waals surface area contributed by atoms with E-state index in [1.807, 2.05) is 18.2 Å². The molecule has 0 radical (unpaired) electrons. The van der Waals surface area contributed by atoms with E-state index in [2.05, 4.69) is 22.6 Å². The van der Waals surface area contributed by atoms with Gasteiger partial charge in [-0.05, 0) is 30.2 Å². The van der Waals surface area contributed by atoms with E-state index in [9.17, 15) is 0 Å². The number of nitrogens with zero attached hydrogens (tertiary/aromatic N) is 1. The zero-order valence-corrected chi connectivity index (χ0v) is 12.6. The van der Waals surface area contributed by atoms with Crippen molar-refractivity contribution >= 4 is 5.84 Å². The molecule has 2 rings (SSSR count). The Bertz CT molecular complexity index is 458. The van der Waals surface area contributed by atoms with Crippen LogP contribution in [0.5, 0.6) is 0 Å². The quantitative estimate of drug-likeness (QED) is 0.282. The molecule has 116 valence electrons. The lowest BCUT2D eigenvalue weighted by Gasteiger charge is -2.23. The molecule has 1 unspecified atom stereocenters. The fourth-order valence-electron chi connectivity index (χ4n) is 2.59. The van der Waals surface area contributed by atoms with E-state index in [4.69, 9.17) is 15.7 Å². The Kier molecular flexibility index (Phi) is 5.59. The van der Waals surface area contributed by atoms with E-state index < -0.39 is 0 Å². The molecule has 21 heavy (non-hydrogen) atoms. The van der Waals surface area contributed by atoms with Crippen LogP contribution in [0.1, 0.15) is 37.3 Å². The second-order valence-electron chi connectivity index (χ2n) is 5.88. The molecule has 0 aliphatic heterocycles. The van der Waals surface area contributed by atoms with Gasteiger partial charge in [0.05, 0.1) is 0 Å². The van der Waals surface area contributed by atoms with E-state index >= 15 is 0 Å². The van der Waals surface area contributed by atoms with Gasteiger partial charge in [-0.3, -0.25) is 0 Å². The molecular weight excluding hydrogens is 266 g/mol. The van der Waals surface area contributed by atoms with Crippen molar-refractivity contribution in [1.82, 2.24) is 5.32 Å². The zero-order valence-electron chi connectivity index (χ0n) is 12.6. The summed E-state index contributed by atoms with van der Waals surface area (Å²) in [4.78, 5) is 0. The largest absolute Gasteiger partial charge is 0.409 e. The maximum absolute atomic E-state index is 8.81. The minimum Gasteiger partial charge on any atom is -0.409 e. The molecule has 1 aliphatic carbocycles. The van der Waals surface area contributed by atoms with Crippen molar-refractivity contribution in [2.45, 2.75) is 31.7 Å². The molecule has 0 spiro atoms. The van der Waals surface area contributed by atoms with E-state index in [0.29, 0.717) is 11.8 Å². The van der Waals surface area contributed by atoms with Crippen LogP contribution in [-0.4, -0.2) is 31.3 Å². The Hall–Kier alpha value is -1.59. The molecule has 5 heteroatoms. The molecule has 1 aromatic rings. The summed E-state index contributed by atoms with van der Waals surface area (Å²) in [5.41, 5.74) is 7.21. The minimum absolute atomic E-state index is 0.0714. The van der Waals surface area contributed by atoms with E-state index in [-0.39, 0.29) is 11.9 Å². The number of hydrogen-bond donors (Lipinski definition) is 3. The van der Waals surface area contributed by atoms with Crippen molar-refractivity contribution in [3.8, 4) is 0 Å². The first kappa shape index (κ1) is 15.8. The van der Waals surface area contributed by atoms with Crippen molar-refractivity contribution in [2.75, 3.05) is 20.3 Å². The average molecular weight is 291 g/mol. The highest BCUT2D eigenvalue weighted by atomic mass is 16.5. The van der Waals surface area contributed by atoms with Gasteiger partial charge in [0.25, 0.3) is 0 Å². The smallest absolute Gasteiger partial charge is 0.141 e. The lowest BCUT2D eigenvalue weighted by Crippen LogP contribution is -2.32. The lowest BCUT2D eigenvalue weighted by atomic mass is 9.99. The molecule has 1 atom stereocenters. The van der Waals surface area contributed by atoms with E-state index in [1.54, 1.807) is 7.11 Å². The normalized spacial score (nSPS) is 18.4. The minimum atomic E-state index is 0.0714. The number of hydrogen-bond acceptors (Lipinski definition) is 4. The fraction of sp³-hybridized carbons (Fsp3) is 0.562. The summed E-state index contributed by atoms with van der Waals surface area (Å²) in [6.07, 6.45) is 4.07. The van der Waals surface area contributed by atoms with Crippen molar-refractivity contribution in [3.63, 3.8) is 0 Å². The van der Waals surface area contributed by atoms with Crippen molar-refractivity contribution in [1.29, 1.82) is 0 Å². The van der Waals surface area contributed by atoms with Gasteiger partial charge >= 0.3 is 0 Å². The summed E-state index contributed by atoms with van der Waals surface area (Å²) in [6.45, 7) is 1.74. The number of methoxy groups -OCH3 is 1. The van der Waals surface area contributed by atoms with E-state index in [0.717, 1.165) is 25.1 Å². The predicted octanol–water partition coefficient (Wildman–Crippen LogP) is 2.27. The van der Waals surface area contributed by atoms with Crippen molar-refractivity contribution < 1.29 is 9.94 Å². The molecular formula is C16H25N3O2. The SMILES string of the molecule is COCCC1(CNC(C/C(N)=N/O)c2ccccc2)CC1. The molecule has 1 aliphatic rings. The van der Waals surface area contributed by atoms with Gasteiger partial charge in [-0.1, -0.05) is 35.5 Å². The van der Waals surface area contributed by atoms with Crippen LogP contribution in [0.25, 0.3) is 0 Å². The van der Waals surface area contributed by atoms with Gasteiger partial charge in [-0.2, -0.15) is 0 Å². The molecule has 0 bridgehead atoms. The Morgan fingerprint density at radius 2 is 2.14 bits per heavy atom. The van der Waals surface area contributed by atoms with Crippen LogP contribution in [0.4, 0.5) is 0 Å². The summed E-state index contributed by atoms with van der Waals surface area (Å²) in [6, 6.07) is 10.2. The first-order valence-electron chi connectivity index (χ1n) is 7.43. The topological polar surface area (TPSA) is 79.9 Å². The van der Waals surface area contributed by atoms with Gasteiger partial charge in [-0.25, -0.2) is 0 Å². The van der Waals surface area contributed by atoms with Crippen LogP contribution in [0, 0.1) is 5.41 Å². The monoisotopic (exact) mass is 291 g/mol. The second kappa shape index (κ2) is 7.43. The molecule has 1 saturated carbocycles. The first-order valence-corrected chi connectivity index (χ1v) is 7.43. The van der Waals surface area contributed by atoms with Gasteiger partial charge < -0.3 is 21.0 Å². The third kappa shape index (κ3) is 4.72. The number of nitrogens with one attached hydrogen (secondary N) is 1. The second-order valence-corrected chi connectivity index (χ2v) is 5.88. The molecule has 0 amide bonds. The average Bonchev–Trinajstić information content (AvgIpc) is 3.30.